The van der Waals surface area contributed by atoms with Gasteiger partial charge >= 0.3 is 0 Å². The van der Waals surface area contributed by atoms with Crippen LogP contribution < -0.4 is 16.8 Å². The van der Waals surface area contributed by atoms with E-state index in [1.165, 1.54) is 6.42 Å². The summed E-state index contributed by atoms with van der Waals surface area (Å²) in [5.74, 6) is 0. The minimum Gasteiger partial charge on any atom is -0.325 e. The third kappa shape index (κ3) is 3.53. The van der Waals surface area contributed by atoms with Crippen molar-refractivity contribution in [2.75, 3.05) is 20.1 Å². The topological polar surface area (TPSA) is 67.3 Å². The molecule has 2 unspecified atom stereocenters. The van der Waals surface area contributed by atoms with E-state index in [2.05, 4.69) is 17.3 Å². The summed E-state index contributed by atoms with van der Waals surface area (Å²) < 4.78 is 0. The molecule has 14 heavy (non-hydrogen) atoms. The average molecular weight is 200 g/mol. The van der Waals surface area contributed by atoms with Crippen LogP contribution in [-0.4, -0.2) is 42.8 Å². The molecule has 1 fully saturated rings. The van der Waals surface area contributed by atoms with Crippen molar-refractivity contribution in [2.45, 2.75) is 44.4 Å². The molecule has 1 aliphatic heterocycles. The van der Waals surface area contributed by atoms with Crippen LogP contribution in [0.15, 0.2) is 0 Å². The van der Waals surface area contributed by atoms with E-state index >= 15 is 0 Å². The number of nitrogens with zero attached hydrogens (tertiary/aromatic N) is 1. The number of rotatable bonds is 3. The number of piperidine rings is 1. The van der Waals surface area contributed by atoms with Crippen LogP contribution in [0.3, 0.4) is 0 Å². The standard InChI is InChI=1S/C10H24N4/c1-10(2,12)7-14(3)9-8(11)5-4-6-13-9/h8-9,13H,4-7,11-12H2,1-3H3. The second-order valence-electron chi connectivity index (χ2n) is 5.11. The first-order chi connectivity index (χ1) is 6.40. The van der Waals surface area contributed by atoms with Crippen LogP contribution in [0.2, 0.25) is 0 Å². The number of hydrogen-bond acceptors (Lipinski definition) is 4. The van der Waals surface area contributed by atoms with Gasteiger partial charge in [-0.25, -0.2) is 0 Å². The van der Waals surface area contributed by atoms with Gasteiger partial charge in [-0.05, 0) is 40.3 Å². The highest BCUT2D eigenvalue weighted by Gasteiger charge is 2.27. The molecule has 84 valence electrons. The molecule has 5 N–H and O–H groups in total. The van der Waals surface area contributed by atoms with E-state index in [1.54, 1.807) is 0 Å². The second-order valence-corrected chi connectivity index (χ2v) is 5.11. The van der Waals surface area contributed by atoms with Crippen LogP contribution in [0, 0.1) is 0 Å². The first-order valence-electron chi connectivity index (χ1n) is 5.38. The van der Waals surface area contributed by atoms with Crippen LogP contribution in [0.25, 0.3) is 0 Å². The van der Waals surface area contributed by atoms with Crippen LogP contribution in [0.1, 0.15) is 26.7 Å². The molecule has 0 saturated carbocycles. The molecule has 0 radical (unpaired) electrons. The second kappa shape index (κ2) is 4.57. The molecule has 1 saturated heterocycles. The predicted molar refractivity (Wildman–Crippen MR) is 59.9 cm³/mol. The summed E-state index contributed by atoms with van der Waals surface area (Å²) in [7, 11) is 2.08. The molecule has 4 heteroatoms. The van der Waals surface area contributed by atoms with Gasteiger partial charge in [0.25, 0.3) is 0 Å². The predicted octanol–water partition coefficient (Wildman–Crippen LogP) is -0.308. The highest BCUT2D eigenvalue weighted by Crippen LogP contribution is 2.11. The summed E-state index contributed by atoms with van der Waals surface area (Å²) in [6, 6.07) is 0.232. The summed E-state index contributed by atoms with van der Waals surface area (Å²) in [6.07, 6.45) is 2.57. The molecule has 0 aromatic rings. The van der Waals surface area contributed by atoms with E-state index in [9.17, 15) is 0 Å². The lowest BCUT2D eigenvalue weighted by atomic mass is 10.0. The Hall–Kier alpha value is -0.160. The Morgan fingerprint density at radius 2 is 2.14 bits per heavy atom. The minimum atomic E-state index is -0.159. The van der Waals surface area contributed by atoms with Crippen LogP contribution in [0.5, 0.6) is 0 Å². The molecule has 1 heterocycles. The molecule has 0 aromatic heterocycles. The van der Waals surface area contributed by atoms with Crippen molar-refractivity contribution in [1.29, 1.82) is 0 Å². The van der Waals surface area contributed by atoms with Crippen LogP contribution in [0.4, 0.5) is 0 Å². The Labute approximate surface area is 87.0 Å². The summed E-state index contributed by atoms with van der Waals surface area (Å²) in [5, 5.41) is 3.44. The van der Waals surface area contributed by atoms with Crippen molar-refractivity contribution >= 4 is 0 Å². The van der Waals surface area contributed by atoms with Gasteiger partial charge in [0.1, 0.15) is 0 Å². The van der Waals surface area contributed by atoms with Crippen molar-refractivity contribution in [2.24, 2.45) is 11.5 Å². The molecule has 0 amide bonds. The summed E-state index contributed by atoms with van der Waals surface area (Å²) in [5.41, 5.74) is 11.9. The van der Waals surface area contributed by atoms with Gasteiger partial charge in [-0.15, -0.1) is 0 Å². The van der Waals surface area contributed by atoms with E-state index in [1.807, 2.05) is 13.8 Å². The quantitative estimate of drug-likeness (QED) is 0.585. The minimum absolute atomic E-state index is 0.159. The van der Waals surface area contributed by atoms with Gasteiger partial charge in [-0.2, -0.15) is 0 Å². The number of nitrogens with one attached hydrogen (secondary N) is 1. The highest BCUT2D eigenvalue weighted by molar-refractivity contribution is 4.86. The third-order valence-corrected chi connectivity index (χ3v) is 2.61. The Morgan fingerprint density at radius 1 is 1.50 bits per heavy atom. The third-order valence-electron chi connectivity index (χ3n) is 2.61. The lowest BCUT2D eigenvalue weighted by molar-refractivity contribution is 0.127. The summed E-state index contributed by atoms with van der Waals surface area (Å²) in [4.78, 5) is 2.23. The van der Waals surface area contributed by atoms with Gasteiger partial charge in [0.05, 0.1) is 6.17 Å². The SMILES string of the molecule is CN(CC(C)(C)N)C1NCCCC1N. The normalized spacial score (nSPS) is 29.6. The summed E-state index contributed by atoms with van der Waals surface area (Å²) >= 11 is 0. The summed E-state index contributed by atoms with van der Waals surface area (Å²) in [6.45, 7) is 6.00. The molecule has 1 aliphatic rings. The number of likely N-dealkylation sites (N-methyl/N-ethyl adjacent to an activating group) is 1. The molecule has 0 aliphatic carbocycles. The first-order valence-corrected chi connectivity index (χ1v) is 5.38. The zero-order valence-corrected chi connectivity index (χ0v) is 9.59. The van der Waals surface area contributed by atoms with E-state index < -0.39 is 0 Å². The first kappa shape index (κ1) is 11.9. The van der Waals surface area contributed by atoms with Crippen LogP contribution >= 0.6 is 0 Å². The maximum atomic E-state index is 6.05. The van der Waals surface area contributed by atoms with Gasteiger partial charge < -0.3 is 16.8 Å². The fraction of sp³-hybridized carbons (Fsp3) is 1.00. The Balaban J connectivity index is 2.46. The molecular weight excluding hydrogens is 176 g/mol. The van der Waals surface area contributed by atoms with Gasteiger partial charge in [0.15, 0.2) is 0 Å². The fourth-order valence-electron chi connectivity index (χ4n) is 2.12. The van der Waals surface area contributed by atoms with Crippen molar-refractivity contribution < 1.29 is 0 Å². The van der Waals surface area contributed by atoms with Gasteiger partial charge in [0, 0.05) is 18.1 Å². The Morgan fingerprint density at radius 3 is 2.64 bits per heavy atom. The Kier molecular flexibility index (Phi) is 3.89. The van der Waals surface area contributed by atoms with E-state index in [0.29, 0.717) is 0 Å². The fourth-order valence-corrected chi connectivity index (χ4v) is 2.12. The monoisotopic (exact) mass is 200 g/mol. The molecular formula is C10H24N4. The van der Waals surface area contributed by atoms with Crippen molar-refractivity contribution in [1.82, 2.24) is 10.2 Å². The van der Waals surface area contributed by atoms with Crippen molar-refractivity contribution in [3.8, 4) is 0 Å². The maximum absolute atomic E-state index is 6.05. The van der Waals surface area contributed by atoms with Crippen molar-refractivity contribution in [3.63, 3.8) is 0 Å². The van der Waals surface area contributed by atoms with Crippen LogP contribution in [-0.2, 0) is 0 Å². The molecule has 2 atom stereocenters. The largest absolute Gasteiger partial charge is 0.325 e. The van der Waals surface area contributed by atoms with E-state index in [4.69, 9.17) is 11.5 Å². The van der Waals surface area contributed by atoms with Crippen molar-refractivity contribution in [3.05, 3.63) is 0 Å². The molecule has 0 spiro atoms. The Bertz CT molecular complexity index is 175. The maximum Gasteiger partial charge on any atom is 0.0751 e. The number of hydrogen-bond donors (Lipinski definition) is 3. The zero-order valence-electron chi connectivity index (χ0n) is 9.59. The molecule has 4 nitrogen and oxygen atoms in total. The molecule has 1 rings (SSSR count). The molecule has 0 aromatic carbocycles. The zero-order chi connectivity index (χ0) is 10.8. The lowest BCUT2D eigenvalue weighted by Crippen LogP contribution is -2.60. The van der Waals surface area contributed by atoms with E-state index in [-0.39, 0.29) is 17.7 Å². The lowest BCUT2D eigenvalue weighted by Gasteiger charge is -2.39. The van der Waals surface area contributed by atoms with Gasteiger partial charge in [-0.3, -0.25) is 4.90 Å². The smallest absolute Gasteiger partial charge is 0.0751 e. The number of nitrogens with two attached hydrogens (primary N) is 2. The average Bonchev–Trinajstić information content (AvgIpc) is 2.01. The van der Waals surface area contributed by atoms with Gasteiger partial charge in [0.2, 0.25) is 0 Å². The molecule has 0 bridgehead atoms. The van der Waals surface area contributed by atoms with E-state index in [0.717, 1.165) is 19.5 Å². The van der Waals surface area contributed by atoms with Gasteiger partial charge in [-0.1, -0.05) is 0 Å². The highest BCUT2D eigenvalue weighted by atomic mass is 15.3.